The van der Waals surface area contributed by atoms with Gasteiger partial charge >= 0.3 is 5.97 Å². The Morgan fingerprint density at radius 1 is 1.30 bits per heavy atom. The van der Waals surface area contributed by atoms with Crippen LogP contribution in [0.1, 0.15) is 26.2 Å². The molecule has 2 N–H and O–H groups in total. The van der Waals surface area contributed by atoms with E-state index in [0.717, 1.165) is 32.4 Å². The molecule has 0 bridgehead atoms. The van der Waals surface area contributed by atoms with Crippen LogP contribution in [0.25, 0.3) is 0 Å². The second-order valence-corrected chi connectivity index (χ2v) is 5.67. The summed E-state index contributed by atoms with van der Waals surface area (Å²) in [6.07, 6.45) is 3.04. The fourth-order valence-corrected chi connectivity index (χ4v) is 2.22. The highest BCUT2D eigenvalue weighted by molar-refractivity contribution is 5.78. The molecule has 0 saturated heterocycles. The quantitative estimate of drug-likeness (QED) is 0.512. The molecule has 0 aromatic rings. The number of aliphatic carboxylic acids is 1. The lowest BCUT2D eigenvalue weighted by Gasteiger charge is -2.33. The van der Waals surface area contributed by atoms with Gasteiger partial charge in [0.2, 0.25) is 0 Å². The summed E-state index contributed by atoms with van der Waals surface area (Å²) in [6, 6.07) is 0.361. The van der Waals surface area contributed by atoms with Gasteiger partial charge in [-0.1, -0.05) is 0 Å². The van der Waals surface area contributed by atoms with Crippen molar-refractivity contribution in [2.75, 3.05) is 47.1 Å². The lowest BCUT2D eigenvalue weighted by Crippen LogP contribution is -2.58. The number of carboxylic acids is 1. The average Bonchev–Trinajstić information content (AvgIpc) is 3.19. The van der Waals surface area contributed by atoms with Crippen molar-refractivity contribution in [1.82, 2.24) is 10.2 Å². The number of rotatable bonds is 12. The van der Waals surface area contributed by atoms with E-state index in [1.807, 2.05) is 0 Å². The Morgan fingerprint density at radius 3 is 2.45 bits per heavy atom. The van der Waals surface area contributed by atoms with E-state index < -0.39 is 11.5 Å². The van der Waals surface area contributed by atoms with E-state index in [2.05, 4.69) is 10.2 Å². The SMILES string of the molecule is COCCCN(CCOC)CC(C)(NC1CC1)C(=O)O. The molecule has 1 unspecified atom stereocenters. The second-order valence-electron chi connectivity index (χ2n) is 5.67. The first kappa shape index (κ1) is 17.4. The standard InChI is InChI=1S/C14H28N2O4/c1-14(13(17)18,15-12-5-6-12)11-16(8-10-20-3)7-4-9-19-2/h12,15H,4-11H2,1-3H3,(H,17,18). The number of carboxylic acid groups (broad SMARTS) is 1. The predicted molar refractivity (Wildman–Crippen MR) is 77.0 cm³/mol. The lowest BCUT2D eigenvalue weighted by molar-refractivity contribution is -0.145. The van der Waals surface area contributed by atoms with Gasteiger partial charge < -0.3 is 14.6 Å². The van der Waals surface area contributed by atoms with Crippen LogP contribution in [0, 0.1) is 0 Å². The first-order valence-electron chi connectivity index (χ1n) is 7.23. The first-order chi connectivity index (χ1) is 9.51. The maximum absolute atomic E-state index is 11.6. The number of ether oxygens (including phenoxy) is 2. The third kappa shape index (κ3) is 6.17. The number of methoxy groups -OCH3 is 2. The van der Waals surface area contributed by atoms with Gasteiger partial charge in [-0.3, -0.25) is 15.0 Å². The Hall–Kier alpha value is -0.690. The zero-order valence-electron chi connectivity index (χ0n) is 12.9. The summed E-state index contributed by atoms with van der Waals surface area (Å²) in [7, 11) is 3.34. The van der Waals surface area contributed by atoms with E-state index in [9.17, 15) is 9.90 Å². The maximum atomic E-state index is 11.6. The van der Waals surface area contributed by atoms with Gasteiger partial charge in [-0.15, -0.1) is 0 Å². The maximum Gasteiger partial charge on any atom is 0.324 e. The molecule has 118 valence electrons. The zero-order valence-corrected chi connectivity index (χ0v) is 12.9. The first-order valence-corrected chi connectivity index (χ1v) is 7.23. The third-order valence-electron chi connectivity index (χ3n) is 3.55. The Balaban J connectivity index is 2.54. The van der Waals surface area contributed by atoms with Gasteiger partial charge in [-0.2, -0.15) is 0 Å². The minimum atomic E-state index is -0.901. The van der Waals surface area contributed by atoms with Gasteiger partial charge in [0, 0.05) is 46.5 Å². The number of hydrogen-bond donors (Lipinski definition) is 2. The van der Waals surface area contributed by atoms with E-state index in [1.54, 1.807) is 21.1 Å². The van der Waals surface area contributed by atoms with Crippen molar-refractivity contribution in [2.45, 2.75) is 37.8 Å². The molecule has 1 aliphatic rings. The molecule has 0 aliphatic heterocycles. The molecule has 1 aliphatic carbocycles. The molecule has 1 fully saturated rings. The lowest BCUT2D eigenvalue weighted by atomic mass is 10.0. The molecule has 0 aromatic carbocycles. The Bertz CT molecular complexity index is 297. The van der Waals surface area contributed by atoms with E-state index >= 15 is 0 Å². The Kier molecular flexibility index (Phi) is 7.43. The number of nitrogens with one attached hydrogen (secondary N) is 1. The molecule has 0 spiro atoms. The zero-order chi connectivity index (χ0) is 15.0. The molecule has 6 nitrogen and oxygen atoms in total. The molecular formula is C14H28N2O4. The van der Waals surface area contributed by atoms with E-state index in [0.29, 0.717) is 25.8 Å². The van der Waals surface area contributed by atoms with Crippen molar-refractivity contribution < 1.29 is 19.4 Å². The van der Waals surface area contributed by atoms with Crippen LogP contribution in [0.4, 0.5) is 0 Å². The van der Waals surface area contributed by atoms with Crippen molar-refractivity contribution in [2.24, 2.45) is 0 Å². The summed E-state index contributed by atoms with van der Waals surface area (Å²) < 4.78 is 10.2. The minimum Gasteiger partial charge on any atom is -0.480 e. The van der Waals surface area contributed by atoms with Crippen LogP contribution in [0.15, 0.2) is 0 Å². The molecule has 0 aromatic heterocycles. The summed E-state index contributed by atoms with van der Waals surface area (Å²) in [5.74, 6) is -0.793. The van der Waals surface area contributed by atoms with Crippen LogP contribution in [0.2, 0.25) is 0 Å². The number of carbonyl (C=O) groups is 1. The summed E-state index contributed by atoms with van der Waals surface area (Å²) in [6.45, 7) is 5.08. The van der Waals surface area contributed by atoms with Crippen molar-refractivity contribution in [3.63, 3.8) is 0 Å². The second kappa shape index (κ2) is 8.56. The molecule has 1 rings (SSSR count). The van der Waals surface area contributed by atoms with Crippen LogP contribution < -0.4 is 5.32 Å². The smallest absolute Gasteiger partial charge is 0.324 e. The van der Waals surface area contributed by atoms with Gasteiger partial charge in [0.1, 0.15) is 5.54 Å². The molecule has 1 saturated carbocycles. The van der Waals surface area contributed by atoms with Crippen molar-refractivity contribution in [3.05, 3.63) is 0 Å². The van der Waals surface area contributed by atoms with Crippen LogP contribution in [-0.2, 0) is 14.3 Å². The summed E-state index contributed by atoms with van der Waals surface area (Å²) in [5.41, 5.74) is -0.901. The largest absolute Gasteiger partial charge is 0.480 e. The molecular weight excluding hydrogens is 260 g/mol. The molecule has 0 heterocycles. The van der Waals surface area contributed by atoms with Crippen LogP contribution in [0.5, 0.6) is 0 Å². The van der Waals surface area contributed by atoms with Crippen LogP contribution >= 0.6 is 0 Å². The highest BCUT2D eigenvalue weighted by Gasteiger charge is 2.39. The monoisotopic (exact) mass is 288 g/mol. The molecule has 6 heteroatoms. The third-order valence-corrected chi connectivity index (χ3v) is 3.55. The van der Waals surface area contributed by atoms with Crippen molar-refractivity contribution >= 4 is 5.97 Å². The van der Waals surface area contributed by atoms with Gasteiger partial charge in [0.15, 0.2) is 0 Å². The number of hydrogen-bond acceptors (Lipinski definition) is 5. The summed E-state index contributed by atoms with van der Waals surface area (Å²) in [5, 5.41) is 12.8. The topological polar surface area (TPSA) is 71.0 Å². The normalized spacial score (nSPS) is 18.2. The van der Waals surface area contributed by atoms with Crippen molar-refractivity contribution in [3.8, 4) is 0 Å². The van der Waals surface area contributed by atoms with Gasteiger partial charge in [0.25, 0.3) is 0 Å². The van der Waals surface area contributed by atoms with Gasteiger partial charge in [0.05, 0.1) is 6.61 Å². The van der Waals surface area contributed by atoms with Crippen LogP contribution in [-0.4, -0.2) is 74.6 Å². The predicted octanol–water partition coefficient (Wildman–Crippen LogP) is 0.567. The summed E-state index contributed by atoms with van der Waals surface area (Å²) in [4.78, 5) is 13.7. The van der Waals surface area contributed by atoms with E-state index in [4.69, 9.17) is 9.47 Å². The summed E-state index contributed by atoms with van der Waals surface area (Å²) >= 11 is 0. The highest BCUT2D eigenvalue weighted by Crippen LogP contribution is 2.23. The molecule has 0 amide bonds. The van der Waals surface area contributed by atoms with E-state index in [-0.39, 0.29) is 0 Å². The molecule has 0 radical (unpaired) electrons. The number of nitrogens with zero attached hydrogens (tertiary/aromatic N) is 1. The molecule has 1 atom stereocenters. The Labute approximate surface area is 121 Å². The van der Waals surface area contributed by atoms with Crippen molar-refractivity contribution in [1.29, 1.82) is 0 Å². The fourth-order valence-electron chi connectivity index (χ4n) is 2.22. The van der Waals surface area contributed by atoms with E-state index in [1.165, 1.54) is 0 Å². The minimum absolute atomic E-state index is 0.361. The van der Waals surface area contributed by atoms with Gasteiger partial charge in [-0.25, -0.2) is 0 Å². The average molecular weight is 288 g/mol. The molecule has 20 heavy (non-hydrogen) atoms. The van der Waals surface area contributed by atoms with Gasteiger partial charge in [-0.05, 0) is 26.2 Å². The Morgan fingerprint density at radius 2 is 1.95 bits per heavy atom. The fraction of sp³-hybridized carbons (Fsp3) is 0.929. The highest BCUT2D eigenvalue weighted by atomic mass is 16.5. The van der Waals surface area contributed by atoms with Crippen LogP contribution in [0.3, 0.4) is 0 Å².